The van der Waals surface area contributed by atoms with Crippen molar-refractivity contribution in [2.45, 2.75) is 45.1 Å². The first-order valence-corrected chi connectivity index (χ1v) is 6.51. The van der Waals surface area contributed by atoms with E-state index in [2.05, 4.69) is 29.4 Å². The molecule has 1 aromatic rings. The minimum atomic E-state index is 0.627. The van der Waals surface area contributed by atoms with Gasteiger partial charge in [-0.2, -0.15) is 0 Å². The lowest BCUT2D eigenvalue weighted by Gasteiger charge is -2.17. The SMILES string of the molecule is CCCNC(Cc1ccccn1)CC1CC1. The largest absolute Gasteiger partial charge is 0.314 e. The van der Waals surface area contributed by atoms with Gasteiger partial charge in [-0.25, -0.2) is 0 Å². The molecule has 0 amide bonds. The molecule has 2 heteroatoms. The average molecular weight is 218 g/mol. The molecule has 0 bridgehead atoms. The molecule has 88 valence electrons. The smallest absolute Gasteiger partial charge is 0.0419 e. The van der Waals surface area contributed by atoms with E-state index in [9.17, 15) is 0 Å². The van der Waals surface area contributed by atoms with Crippen LogP contribution >= 0.6 is 0 Å². The van der Waals surface area contributed by atoms with Gasteiger partial charge in [-0.3, -0.25) is 4.98 Å². The van der Waals surface area contributed by atoms with Crippen LogP contribution in [-0.2, 0) is 6.42 Å². The lowest BCUT2D eigenvalue weighted by molar-refractivity contribution is 0.451. The quantitative estimate of drug-likeness (QED) is 0.761. The summed E-state index contributed by atoms with van der Waals surface area (Å²) >= 11 is 0. The molecule has 16 heavy (non-hydrogen) atoms. The minimum Gasteiger partial charge on any atom is -0.314 e. The van der Waals surface area contributed by atoms with Crippen LogP contribution in [0.2, 0.25) is 0 Å². The molecule has 2 rings (SSSR count). The summed E-state index contributed by atoms with van der Waals surface area (Å²) in [6.07, 6.45) is 8.39. The summed E-state index contributed by atoms with van der Waals surface area (Å²) in [7, 11) is 0. The molecule has 1 saturated carbocycles. The monoisotopic (exact) mass is 218 g/mol. The Morgan fingerprint density at radius 1 is 1.44 bits per heavy atom. The number of aromatic nitrogens is 1. The molecular weight excluding hydrogens is 196 g/mol. The van der Waals surface area contributed by atoms with E-state index in [4.69, 9.17) is 0 Å². The average Bonchev–Trinajstić information content (AvgIpc) is 3.11. The second kappa shape index (κ2) is 6.00. The molecule has 1 atom stereocenters. The van der Waals surface area contributed by atoms with Crippen LogP contribution in [0.15, 0.2) is 24.4 Å². The molecule has 1 aliphatic rings. The van der Waals surface area contributed by atoms with Gasteiger partial charge in [0.15, 0.2) is 0 Å². The number of pyridine rings is 1. The predicted octanol–water partition coefficient (Wildman–Crippen LogP) is 2.79. The Kier molecular flexibility index (Phi) is 4.34. The lowest BCUT2D eigenvalue weighted by Crippen LogP contribution is -2.32. The fourth-order valence-electron chi connectivity index (χ4n) is 2.11. The standard InChI is InChI=1S/C14H22N2/c1-2-8-15-14(10-12-6-7-12)11-13-5-3-4-9-16-13/h3-5,9,12,14-15H,2,6-8,10-11H2,1H3. The summed E-state index contributed by atoms with van der Waals surface area (Å²) in [5.74, 6) is 0.984. The van der Waals surface area contributed by atoms with E-state index in [-0.39, 0.29) is 0 Å². The van der Waals surface area contributed by atoms with Gasteiger partial charge in [0.25, 0.3) is 0 Å². The minimum absolute atomic E-state index is 0.627. The molecule has 1 unspecified atom stereocenters. The van der Waals surface area contributed by atoms with E-state index < -0.39 is 0 Å². The van der Waals surface area contributed by atoms with Crippen molar-refractivity contribution in [3.05, 3.63) is 30.1 Å². The van der Waals surface area contributed by atoms with Gasteiger partial charge >= 0.3 is 0 Å². The zero-order valence-corrected chi connectivity index (χ0v) is 10.2. The van der Waals surface area contributed by atoms with E-state index in [1.165, 1.54) is 31.4 Å². The molecule has 0 aromatic carbocycles. The molecule has 0 spiro atoms. The molecule has 1 fully saturated rings. The van der Waals surface area contributed by atoms with E-state index in [0.29, 0.717) is 6.04 Å². The first-order valence-electron chi connectivity index (χ1n) is 6.51. The highest BCUT2D eigenvalue weighted by molar-refractivity contribution is 5.05. The molecule has 1 heterocycles. The van der Waals surface area contributed by atoms with E-state index in [0.717, 1.165) is 18.9 Å². The number of hydrogen-bond donors (Lipinski definition) is 1. The number of nitrogens with one attached hydrogen (secondary N) is 1. The third-order valence-electron chi connectivity index (χ3n) is 3.18. The van der Waals surface area contributed by atoms with Gasteiger partial charge in [-0.05, 0) is 37.4 Å². The predicted molar refractivity (Wildman–Crippen MR) is 67.4 cm³/mol. The van der Waals surface area contributed by atoms with Crippen LogP contribution < -0.4 is 5.32 Å². The molecule has 0 radical (unpaired) electrons. The third-order valence-corrected chi connectivity index (χ3v) is 3.18. The summed E-state index contributed by atoms with van der Waals surface area (Å²) in [5, 5.41) is 3.65. The summed E-state index contributed by atoms with van der Waals surface area (Å²) in [5.41, 5.74) is 1.22. The summed E-state index contributed by atoms with van der Waals surface area (Å²) in [4.78, 5) is 4.41. The zero-order valence-electron chi connectivity index (χ0n) is 10.2. The van der Waals surface area contributed by atoms with Crippen LogP contribution in [0.25, 0.3) is 0 Å². The van der Waals surface area contributed by atoms with Gasteiger partial charge in [0.05, 0.1) is 0 Å². The second-order valence-corrected chi connectivity index (χ2v) is 4.86. The van der Waals surface area contributed by atoms with Crippen molar-refractivity contribution in [2.75, 3.05) is 6.54 Å². The van der Waals surface area contributed by atoms with Crippen molar-refractivity contribution in [3.8, 4) is 0 Å². The Balaban J connectivity index is 1.84. The van der Waals surface area contributed by atoms with Crippen molar-refractivity contribution >= 4 is 0 Å². The van der Waals surface area contributed by atoms with Gasteiger partial charge in [0.2, 0.25) is 0 Å². The molecule has 2 nitrogen and oxygen atoms in total. The van der Waals surface area contributed by atoms with Gasteiger partial charge in [-0.15, -0.1) is 0 Å². The van der Waals surface area contributed by atoms with Crippen LogP contribution in [0.1, 0.15) is 38.3 Å². The normalized spacial score (nSPS) is 17.3. The first-order chi connectivity index (χ1) is 7.88. The summed E-state index contributed by atoms with van der Waals surface area (Å²) in [6.45, 7) is 3.35. The fraction of sp³-hybridized carbons (Fsp3) is 0.643. The van der Waals surface area contributed by atoms with Crippen LogP contribution in [-0.4, -0.2) is 17.6 Å². The number of nitrogens with zero attached hydrogens (tertiary/aromatic N) is 1. The van der Waals surface area contributed by atoms with E-state index in [1.807, 2.05) is 12.3 Å². The van der Waals surface area contributed by atoms with Crippen LogP contribution in [0.5, 0.6) is 0 Å². The number of rotatable bonds is 7. The van der Waals surface area contributed by atoms with Crippen molar-refractivity contribution in [1.29, 1.82) is 0 Å². The summed E-state index contributed by atoms with van der Waals surface area (Å²) in [6, 6.07) is 6.82. The van der Waals surface area contributed by atoms with Crippen molar-refractivity contribution in [3.63, 3.8) is 0 Å². The van der Waals surface area contributed by atoms with Crippen LogP contribution in [0.3, 0.4) is 0 Å². The topological polar surface area (TPSA) is 24.9 Å². The van der Waals surface area contributed by atoms with Gasteiger partial charge in [0.1, 0.15) is 0 Å². The van der Waals surface area contributed by atoms with Crippen molar-refractivity contribution in [2.24, 2.45) is 5.92 Å². The Bertz CT molecular complexity index is 293. The molecular formula is C14H22N2. The molecule has 0 saturated heterocycles. The Hall–Kier alpha value is -0.890. The van der Waals surface area contributed by atoms with Gasteiger partial charge in [-0.1, -0.05) is 25.8 Å². The maximum absolute atomic E-state index is 4.41. The zero-order chi connectivity index (χ0) is 11.2. The van der Waals surface area contributed by atoms with Crippen molar-refractivity contribution < 1.29 is 0 Å². The van der Waals surface area contributed by atoms with Crippen LogP contribution in [0.4, 0.5) is 0 Å². The van der Waals surface area contributed by atoms with E-state index >= 15 is 0 Å². The molecule has 1 aromatic heterocycles. The summed E-state index contributed by atoms with van der Waals surface area (Å²) < 4.78 is 0. The maximum atomic E-state index is 4.41. The van der Waals surface area contributed by atoms with E-state index in [1.54, 1.807) is 0 Å². The maximum Gasteiger partial charge on any atom is 0.0419 e. The third kappa shape index (κ3) is 3.93. The fourth-order valence-corrected chi connectivity index (χ4v) is 2.11. The second-order valence-electron chi connectivity index (χ2n) is 4.86. The highest BCUT2D eigenvalue weighted by Crippen LogP contribution is 2.34. The van der Waals surface area contributed by atoms with Gasteiger partial charge in [0, 0.05) is 24.4 Å². The molecule has 1 N–H and O–H groups in total. The highest BCUT2D eigenvalue weighted by Gasteiger charge is 2.25. The van der Waals surface area contributed by atoms with Crippen molar-refractivity contribution in [1.82, 2.24) is 10.3 Å². The Labute approximate surface area is 98.5 Å². The Morgan fingerprint density at radius 2 is 2.31 bits per heavy atom. The lowest BCUT2D eigenvalue weighted by atomic mass is 10.0. The van der Waals surface area contributed by atoms with Crippen LogP contribution in [0, 0.1) is 5.92 Å². The molecule has 1 aliphatic carbocycles. The Morgan fingerprint density at radius 3 is 2.94 bits per heavy atom. The number of hydrogen-bond acceptors (Lipinski definition) is 2. The van der Waals surface area contributed by atoms with Gasteiger partial charge < -0.3 is 5.32 Å². The first kappa shape index (κ1) is 11.6. The highest BCUT2D eigenvalue weighted by atomic mass is 14.9. The molecule has 0 aliphatic heterocycles.